The molecule has 2 aromatic carbocycles. The second-order valence-corrected chi connectivity index (χ2v) is 7.20. The van der Waals surface area contributed by atoms with Gasteiger partial charge < -0.3 is 10.1 Å². The van der Waals surface area contributed by atoms with E-state index in [9.17, 15) is 9.00 Å². The molecule has 0 radical (unpaired) electrons. The van der Waals surface area contributed by atoms with Crippen molar-refractivity contribution < 1.29 is 13.7 Å². The molecule has 1 atom stereocenters. The first-order valence-electron chi connectivity index (χ1n) is 8.12. The lowest BCUT2D eigenvalue weighted by atomic mass is 10.2. The molecule has 0 aliphatic carbocycles. The Morgan fingerprint density at radius 3 is 2.38 bits per heavy atom. The Bertz CT molecular complexity index is 958. The second-order valence-electron chi connectivity index (χ2n) is 5.63. The number of aromatic nitrogens is 2. The van der Waals surface area contributed by atoms with Gasteiger partial charge in [0.25, 0.3) is 5.91 Å². The summed E-state index contributed by atoms with van der Waals surface area (Å²) in [6, 6.07) is 14.5. The minimum atomic E-state index is -1.20. The fourth-order valence-corrected chi connectivity index (χ4v) is 3.45. The number of methoxy groups -OCH3 is 1. The number of nitrogens with one attached hydrogen (secondary N) is 1. The predicted molar refractivity (Wildman–Crippen MR) is 101 cm³/mol. The van der Waals surface area contributed by atoms with Crippen LogP contribution in [0.15, 0.2) is 53.4 Å². The van der Waals surface area contributed by atoms with Crippen molar-refractivity contribution in [3.8, 4) is 5.75 Å². The predicted octanol–water partition coefficient (Wildman–Crippen LogP) is 2.48. The molecule has 1 N–H and O–H groups in total. The Balaban J connectivity index is 1.61. The van der Waals surface area contributed by atoms with Crippen molar-refractivity contribution in [2.75, 3.05) is 19.4 Å². The van der Waals surface area contributed by atoms with E-state index in [-0.39, 0.29) is 12.5 Å². The van der Waals surface area contributed by atoms with Crippen molar-refractivity contribution in [3.63, 3.8) is 0 Å². The number of fused-ring (bicyclic) bond motifs is 1. The molecule has 1 unspecified atom stereocenters. The highest BCUT2D eigenvalue weighted by molar-refractivity contribution is 7.85. The highest BCUT2D eigenvalue weighted by Crippen LogP contribution is 2.14. The minimum absolute atomic E-state index is 0.283. The average Bonchev–Trinajstić information content (AvgIpc) is 2.67. The Hall–Kier alpha value is -2.80. The van der Waals surface area contributed by atoms with Gasteiger partial charge in [-0.05, 0) is 43.3 Å². The zero-order chi connectivity index (χ0) is 18.5. The summed E-state index contributed by atoms with van der Waals surface area (Å²) in [5.74, 6) is 0.717. The number of benzene rings is 2. The van der Waals surface area contributed by atoms with E-state index in [2.05, 4.69) is 15.3 Å². The molecule has 1 heterocycles. The Morgan fingerprint density at radius 2 is 1.73 bits per heavy atom. The third kappa shape index (κ3) is 4.05. The molecule has 0 aliphatic rings. The number of hydrogen-bond donors (Lipinski definition) is 1. The van der Waals surface area contributed by atoms with Gasteiger partial charge in [0.1, 0.15) is 11.4 Å². The molecule has 0 aliphatic heterocycles. The van der Waals surface area contributed by atoms with Crippen molar-refractivity contribution in [1.82, 2.24) is 15.3 Å². The summed E-state index contributed by atoms with van der Waals surface area (Å²) < 4.78 is 17.4. The Labute approximate surface area is 154 Å². The van der Waals surface area contributed by atoms with E-state index in [1.165, 1.54) is 0 Å². The van der Waals surface area contributed by atoms with E-state index in [0.717, 1.165) is 5.52 Å². The number of aryl methyl sites for hydroxylation is 1. The van der Waals surface area contributed by atoms with Crippen molar-refractivity contribution >= 4 is 27.7 Å². The maximum absolute atomic E-state index is 12.4. The molecule has 26 heavy (non-hydrogen) atoms. The highest BCUT2D eigenvalue weighted by Gasteiger charge is 2.14. The summed E-state index contributed by atoms with van der Waals surface area (Å²) in [5.41, 5.74) is 2.28. The third-order valence-electron chi connectivity index (χ3n) is 3.86. The molecule has 134 valence electrons. The van der Waals surface area contributed by atoms with Crippen LogP contribution in [0.5, 0.6) is 5.75 Å². The van der Waals surface area contributed by atoms with Crippen LogP contribution in [0.1, 0.15) is 16.2 Å². The Morgan fingerprint density at radius 1 is 1.08 bits per heavy atom. The zero-order valence-electron chi connectivity index (χ0n) is 14.6. The molecule has 0 saturated heterocycles. The van der Waals surface area contributed by atoms with Gasteiger partial charge in [-0.25, -0.2) is 9.97 Å². The molecule has 7 heteroatoms. The fourth-order valence-electron chi connectivity index (χ4n) is 2.49. The first kappa shape index (κ1) is 18.0. The minimum Gasteiger partial charge on any atom is -0.497 e. The number of hydrogen-bond acceptors (Lipinski definition) is 5. The van der Waals surface area contributed by atoms with Crippen molar-refractivity contribution in [1.29, 1.82) is 0 Å². The largest absolute Gasteiger partial charge is 0.497 e. The number of carbonyl (C=O) groups excluding carboxylic acids is 1. The molecule has 3 rings (SSSR count). The van der Waals surface area contributed by atoms with E-state index in [1.54, 1.807) is 38.3 Å². The van der Waals surface area contributed by atoms with Crippen LogP contribution in [0.4, 0.5) is 0 Å². The highest BCUT2D eigenvalue weighted by atomic mass is 32.2. The molecule has 0 fully saturated rings. The van der Waals surface area contributed by atoms with Gasteiger partial charge in [0.2, 0.25) is 0 Å². The number of ether oxygens (including phenoxy) is 1. The smallest absolute Gasteiger partial charge is 0.271 e. The number of nitrogens with zero attached hydrogens (tertiary/aromatic N) is 2. The summed E-state index contributed by atoms with van der Waals surface area (Å²) in [6.07, 6.45) is 0. The van der Waals surface area contributed by atoms with E-state index < -0.39 is 10.8 Å². The molecule has 1 amide bonds. The fraction of sp³-hybridized carbons (Fsp3) is 0.211. The SMILES string of the molecule is COc1ccc(S(=O)CCNC(=O)c2nc3ccccc3nc2C)cc1. The van der Waals surface area contributed by atoms with E-state index >= 15 is 0 Å². The molecule has 1 aromatic heterocycles. The lowest BCUT2D eigenvalue weighted by Crippen LogP contribution is -2.29. The van der Waals surface area contributed by atoms with Gasteiger partial charge in [0.15, 0.2) is 0 Å². The third-order valence-corrected chi connectivity index (χ3v) is 5.23. The average molecular weight is 369 g/mol. The van der Waals surface area contributed by atoms with Crippen LogP contribution >= 0.6 is 0 Å². The van der Waals surface area contributed by atoms with E-state index in [0.29, 0.717) is 33.3 Å². The summed E-state index contributed by atoms with van der Waals surface area (Å²) in [7, 11) is 0.382. The van der Waals surface area contributed by atoms with Gasteiger partial charge in [-0.1, -0.05) is 12.1 Å². The first-order chi connectivity index (χ1) is 12.6. The first-order valence-corrected chi connectivity index (χ1v) is 9.44. The number of amides is 1. The lowest BCUT2D eigenvalue weighted by Gasteiger charge is -2.08. The standard InChI is InChI=1S/C19H19N3O3S/c1-13-18(22-17-6-4-3-5-16(17)21-13)19(23)20-11-12-26(24)15-9-7-14(25-2)8-10-15/h3-10H,11-12H2,1-2H3,(H,20,23). The van der Waals surface area contributed by atoms with Crippen LogP contribution in [0.25, 0.3) is 11.0 Å². The maximum Gasteiger partial charge on any atom is 0.271 e. The zero-order valence-corrected chi connectivity index (χ0v) is 15.4. The second kappa shape index (κ2) is 8.05. The molecular formula is C19H19N3O3S. The molecule has 0 saturated carbocycles. The number of carbonyl (C=O) groups is 1. The molecule has 0 bridgehead atoms. The maximum atomic E-state index is 12.4. The number of para-hydroxylation sites is 2. The van der Waals surface area contributed by atoms with Gasteiger partial charge in [0, 0.05) is 17.2 Å². The Kier molecular flexibility index (Phi) is 5.58. The van der Waals surface area contributed by atoms with Crippen molar-refractivity contribution in [3.05, 3.63) is 59.9 Å². The van der Waals surface area contributed by atoms with Crippen LogP contribution in [-0.2, 0) is 10.8 Å². The summed E-state index contributed by atoms with van der Waals surface area (Å²) >= 11 is 0. The van der Waals surface area contributed by atoms with Crippen LogP contribution in [-0.4, -0.2) is 39.5 Å². The van der Waals surface area contributed by atoms with Crippen LogP contribution in [0, 0.1) is 6.92 Å². The summed E-state index contributed by atoms with van der Waals surface area (Å²) in [5, 5.41) is 2.77. The summed E-state index contributed by atoms with van der Waals surface area (Å²) in [6.45, 7) is 2.04. The van der Waals surface area contributed by atoms with Crippen molar-refractivity contribution in [2.45, 2.75) is 11.8 Å². The van der Waals surface area contributed by atoms with Crippen LogP contribution in [0.2, 0.25) is 0 Å². The molecule has 6 nitrogen and oxygen atoms in total. The normalized spacial score (nSPS) is 11.9. The summed E-state index contributed by atoms with van der Waals surface area (Å²) in [4.78, 5) is 21.9. The van der Waals surface area contributed by atoms with Gasteiger partial charge in [-0.15, -0.1) is 0 Å². The van der Waals surface area contributed by atoms with E-state index in [4.69, 9.17) is 4.74 Å². The van der Waals surface area contributed by atoms with Gasteiger partial charge in [0.05, 0.1) is 34.6 Å². The van der Waals surface area contributed by atoms with E-state index in [1.807, 2.05) is 24.3 Å². The van der Waals surface area contributed by atoms with Gasteiger partial charge in [-0.2, -0.15) is 0 Å². The van der Waals surface area contributed by atoms with Gasteiger partial charge in [-0.3, -0.25) is 9.00 Å². The monoisotopic (exact) mass is 369 g/mol. The lowest BCUT2D eigenvalue weighted by molar-refractivity contribution is 0.0950. The quantitative estimate of drug-likeness (QED) is 0.722. The van der Waals surface area contributed by atoms with Crippen LogP contribution in [0.3, 0.4) is 0 Å². The topological polar surface area (TPSA) is 81.2 Å². The molecule has 0 spiro atoms. The van der Waals surface area contributed by atoms with Gasteiger partial charge >= 0.3 is 0 Å². The molecular weight excluding hydrogens is 350 g/mol. The van der Waals surface area contributed by atoms with Crippen LogP contribution < -0.4 is 10.1 Å². The number of rotatable bonds is 6. The van der Waals surface area contributed by atoms with Crippen molar-refractivity contribution in [2.24, 2.45) is 0 Å². The molecule has 3 aromatic rings.